The highest BCUT2D eigenvalue weighted by molar-refractivity contribution is 7.99. The van der Waals surface area contributed by atoms with Crippen LogP contribution in [0.25, 0.3) is 0 Å². The quantitative estimate of drug-likeness (QED) is 0.662. The van der Waals surface area contributed by atoms with Gasteiger partial charge in [0.15, 0.2) is 0 Å². The Morgan fingerprint density at radius 2 is 1.88 bits per heavy atom. The molecule has 0 unspecified atom stereocenters. The molecule has 17 heavy (non-hydrogen) atoms. The molecule has 0 aliphatic carbocycles. The molecule has 1 saturated heterocycles. The van der Waals surface area contributed by atoms with Gasteiger partial charge in [-0.05, 0) is 48.3 Å². The summed E-state index contributed by atoms with van der Waals surface area (Å²) in [7, 11) is 0. The smallest absolute Gasteiger partial charge is 0.123 e. The fourth-order valence-corrected chi connectivity index (χ4v) is 3.69. The van der Waals surface area contributed by atoms with Gasteiger partial charge < -0.3 is 4.74 Å². The number of hydrogen-bond acceptors (Lipinski definition) is 3. The van der Waals surface area contributed by atoms with Gasteiger partial charge in [-0.25, -0.2) is 4.39 Å². The zero-order valence-electron chi connectivity index (χ0n) is 9.69. The third kappa shape index (κ3) is 3.63. The first kappa shape index (κ1) is 13.2. The van der Waals surface area contributed by atoms with E-state index in [1.807, 2.05) is 12.1 Å². The highest BCUT2D eigenvalue weighted by atomic mass is 32.2. The molecule has 94 valence electrons. The van der Waals surface area contributed by atoms with Gasteiger partial charge in [0, 0.05) is 23.9 Å². The van der Waals surface area contributed by atoms with Gasteiger partial charge in [-0.15, -0.1) is 11.8 Å². The van der Waals surface area contributed by atoms with Gasteiger partial charge in [-0.3, -0.25) is 0 Å². The molecule has 0 saturated carbocycles. The van der Waals surface area contributed by atoms with E-state index in [1.165, 1.54) is 12.1 Å². The summed E-state index contributed by atoms with van der Waals surface area (Å²) in [6, 6.07) is 6.70. The van der Waals surface area contributed by atoms with Crippen molar-refractivity contribution in [3.8, 4) is 0 Å². The predicted molar refractivity (Wildman–Crippen MR) is 73.5 cm³/mol. The molecule has 0 radical (unpaired) electrons. The van der Waals surface area contributed by atoms with Crippen LogP contribution in [0.3, 0.4) is 0 Å². The first-order valence-electron chi connectivity index (χ1n) is 5.81. The maximum absolute atomic E-state index is 12.8. The summed E-state index contributed by atoms with van der Waals surface area (Å²) >= 11 is 6.27. The molecule has 0 atom stereocenters. The molecule has 1 heterocycles. The number of thioether (sulfide) groups is 1. The second-order valence-electron chi connectivity index (χ2n) is 4.51. The second kappa shape index (κ2) is 6.12. The molecule has 0 N–H and O–H groups in total. The largest absolute Gasteiger partial charge is 0.381 e. The average molecular weight is 272 g/mol. The van der Waals surface area contributed by atoms with Gasteiger partial charge in [0.2, 0.25) is 0 Å². The van der Waals surface area contributed by atoms with Crippen LogP contribution in [0.1, 0.15) is 12.8 Å². The third-order valence-corrected chi connectivity index (χ3v) is 5.28. The van der Waals surface area contributed by atoms with Crippen molar-refractivity contribution < 1.29 is 9.13 Å². The van der Waals surface area contributed by atoms with Crippen LogP contribution in [-0.2, 0) is 4.74 Å². The lowest BCUT2D eigenvalue weighted by molar-refractivity contribution is 0.0371. The molecule has 0 bridgehead atoms. The van der Waals surface area contributed by atoms with E-state index in [0.717, 1.165) is 42.5 Å². The van der Waals surface area contributed by atoms with Crippen molar-refractivity contribution in [2.75, 3.05) is 24.7 Å². The van der Waals surface area contributed by atoms with E-state index in [9.17, 15) is 4.39 Å². The molecule has 0 aromatic heterocycles. The summed E-state index contributed by atoms with van der Waals surface area (Å²) in [6.07, 6.45) is 2.15. The number of ether oxygens (including phenoxy) is 1. The van der Waals surface area contributed by atoms with Crippen molar-refractivity contribution in [3.05, 3.63) is 30.1 Å². The molecule has 0 amide bonds. The molecule has 1 aromatic carbocycles. The first-order valence-corrected chi connectivity index (χ1v) is 7.43. The van der Waals surface area contributed by atoms with E-state index in [0.29, 0.717) is 0 Å². The van der Waals surface area contributed by atoms with Gasteiger partial charge in [0.05, 0.1) is 0 Å². The van der Waals surface area contributed by atoms with E-state index in [2.05, 4.69) is 12.6 Å². The zero-order chi connectivity index (χ0) is 12.1. The molecule has 4 heteroatoms. The summed E-state index contributed by atoms with van der Waals surface area (Å²) in [5.74, 6) is 1.75. The van der Waals surface area contributed by atoms with E-state index in [-0.39, 0.29) is 11.2 Å². The van der Waals surface area contributed by atoms with E-state index in [4.69, 9.17) is 4.74 Å². The van der Waals surface area contributed by atoms with Crippen molar-refractivity contribution in [2.24, 2.45) is 5.41 Å². The van der Waals surface area contributed by atoms with Gasteiger partial charge in [0.1, 0.15) is 5.82 Å². The minimum atomic E-state index is -0.177. The summed E-state index contributed by atoms with van der Waals surface area (Å²) in [5, 5.41) is 0. The Morgan fingerprint density at radius 1 is 1.24 bits per heavy atom. The lowest BCUT2D eigenvalue weighted by Crippen LogP contribution is -2.33. The summed E-state index contributed by atoms with van der Waals surface area (Å²) in [6.45, 7) is 1.68. The lowest BCUT2D eigenvalue weighted by atomic mass is 9.84. The molecule has 1 aliphatic rings. The van der Waals surface area contributed by atoms with Crippen LogP contribution in [0.15, 0.2) is 29.2 Å². The number of rotatable bonds is 4. The Kier molecular flexibility index (Phi) is 4.77. The van der Waals surface area contributed by atoms with Crippen LogP contribution >= 0.6 is 24.4 Å². The Hall–Kier alpha value is -0.190. The van der Waals surface area contributed by atoms with Gasteiger partial charge in [-0.1, -0.05) is 0 Å². The molecule has 2 rings (SSSR count). The van der Waals surface area contributed by atoms with Crippen LogP contribution in [0, 0.1) is 11.2 Å². The second-order valence-corrected chi connectivity index (χ2v) is 5.88. The van der Waals surface area contributed by atoms with Crippen molar-refractivity contribution in [3.63, 3.8) is 0 Å². The average Bonchev–Trinajstić information content (AvgIpc) is 2.39. The Bertz CT molecular complexity index is 347. The molecule has 0 spiro atoms. The molecule has 1 aliphatic heterocycles. The number of benzene rings is 1. The fourth-order valence-electron chi connectivity index (χ4n) is 1.92. The van der Waals surface area contributed by atoms with E-state index >= 15 is 0 Å². The maximum Gasteiger partial charge on any atom is 0.123 e. The summed E-state index contributed by atoms with van der Waals surface area (Å²) in [5.41, 5.74) is 0.278. The Morgan fingerprint density at radius 3 is 2.47 bits per heavy atom. The van der Waals surface area contributed by atoms with Crippen molar-refractivity contribution in [1.29, 1.82) is 0 Å². The third-order valence-electron chi connectivity index (χ3n) is 3.25. The Labute approximate surface area is 112 Å². The van der Waals surface area contributed by atoms with Crippen LogP contribution < -0.4 is 0 Å². The minimum absolute atomic E-state index is 0.177. The summed E-state index contributed by atoms with van der Waals surface area (Å²) in [4.78, 5) is 1.12. The minimum Gasteiger partial charge on any atom is -0.381 e. The standard InChI is InChI=1S/C13H17FOS2/c14-11-1-3-12(4-2-11)17-10-13(9-16)5-7-15-8-6-13/h1-4,16H,5-10H2. The monoisotopic (exact) mass is 272 g/mol. The van der Waals surface area contributed by atoms with Crippen molar-refractivity contribution in [1.82, 2.24) is 0 Å². The van der Waals surface area contributed by atoms with Gasteiger partial charge >= 0.3 is 0 Å². The van der Waals surface area contributed by atoms with Crippen LogP contribution in [0.4, 0.5) is 4.39 Å². The maximum atomic E-state index is 12.8. The first-order chi connectivity index (χ1) is 8.24. The molecular formula is C13H17FOS2. The number of hydrogen-bond donors (Lipinski definition) is 1. The molecular weight excluding hydrogens is 255 g/mol. The molecule has 1 aromatic rings. The van der Waals surface area contributed by atoms with E-state index in [1.54, 1.807) is 11.8 Å². The highest BCUT2D eigenvalue weighted by Crippen LogP contribution is 2.37. The number of thiol groups is 1. The Balaban J connectivity index is 1.93. The van der Waals surface area contributed by atoms with Crippen molar-refractivity contribution in [2.45, 2.75) is 17.7 Å². The predicted octanol–water partition coefficient (Wildman–Crippen LogP) is 3.64. The van der Waals surface area contributed by atoms with Crippen molar-refractivity contribution >= 4 is 24.4 Å². The molecule has 1 nitrogen and oxygen atoms in total. The van der Waals surface area contributed by atoms with Crippen LogP contribution in [0.5, 0.6) is 0 Å². The van der Waals surface area contributed by atoms with Crippen LogP contribution in [0.2, 0.25) is 0 Å². The molecule has 1 fully saturated rings. The van der Waals surface area contributed by atoms with Gasteiger partial charge in [-0.2, -0.15) is 12.6 Å². The normalized spacial score (nSPS) is 19.2. The summed E-state index contributed by atoms with van der Waals surface area (Å²) < 4.78 is 18.2. The lowest BCUT2D eigenvalue weighted by Gasteiger charge is -2.35. The fraction of sp³-hybridized carbons (Fsp3) is 0.538. The SMILES string of the molecule is Fc1ccc(SCC2(CS)CCOCC2)cc1. The number of halogens is 1. The van der Waals surface area contributed by atoms with E-state index < -0.39 is 0 Å². The van der Waals surface area contributed by atoms with Gasteiger partial charge in [0.25, 0.3) is 0 Å². The highest BCUT2D eigenvalue weighted by Gasteiger charge is 2.31. The van der Waals surface area contributed by atoms with Crippen LogP contribution in [-0.4, -0.2) is 24.7 Å². The topological polar surface area (TPSA) is 9.23 Å². The zero-order valence-corrected chi connectivity index (χ0v) is 11.4.